The van der Waals surface area contributed by atoms with Crippen LogP contribution in [0.25, 0.3) is 0 Å². The normalized spacial score (nSPS) is 11.5. The van der Waals surface area contributed by atoms with E-state index in [9.17, 15) is 13.2 Å². The number of methoxy groups -OCH3 is 2. The summed E-state index contributed by atoms with van der Waals surface area (Å²) in [5, 5.41) is 2.76. The number of hydrogen-bond acceptors (Lipinski definition) is 5. The van der Waals surface area contributed by atoms with Crippen molar-refractivity contribution < 1.29 is 22.7 Å². The molecule has 0 heterocycles. The number of carbonyl (C=O) groups is 1. The number of carbonyl (C=O) groups excluding carboxylic acids is 1. The first kappa shape index (κ1) is 19.4. The number of nitrogens with zero attached hydrogens (tertiary/aromatic N) is 1. The van der Waals surface area contributed by atoms with Crippen molar-refractivity contribution >= 4 is 15.9 Å². The molecule has 1 rings (SSSR count). The Morgan fingerprint density at radius 2 is 1.91 bits per heavy atom. The number of nitrogens with one attached hydrogen (secondary N) is 1. The maximum Gasteiger partial charge on any atom is 0.221 e. The van der Waals surface area contributed by atoms with Gasteiger partial charge in [0.15, 0.2) is 0 Å². The molecule has 1 amide bonds. The maximum absolute atomic E-state index is 11.9. The predicted molar refractivity (Wildman–Crippen MR) is 87.8 cm³/mol. The highest BCUT2D eigenvalue weighted by atomic mass is 32.2. The quantitative estimate of drug-likeness (QED) is 0.672. The third-order valence-electron chi connectivity index (χ3n) is 3.27. The van der Waals surface area contributed by atoms with Gasteiger partial charge in [-0.1, -0.05) is 18.2 Å². The summed E-state index contributed by atoms with van der Waals surface area (Å²) in [6.07, 6.45) is 1.21. The fourth-order valence-electron chi connectivity index (χ4n) is 1.99. The van der Waals surface area contributed by atoms with E-state index >= 15 is 0 Å². The molecule has 23 heavy (non-hydrogen) atoms. The van der Waals surface area contributed by atoms with Crippen LogP contribution >= 0.6 is 0 Å². The van der Waals surface area contributed by atoms with Crippen molar-refractivity contribution in [3.05, 3.63) is 29.8 Å². The summed E-state index contributed by atoms with van der Waals surface area (Å²) in [5.41, 5.74) is 0.864. The van der Waals surface area contributed by atoms with Gasteiger partial charge in [0.05, 0.1) is 20.0 Å². The Balaban J connectivity index is 2.49. The second-order valence-electron chi connectivity index (χ2n) is 4.99. The van der Waals surface area contributed by atoms with Crippen LogP contribution in [0.4, 0.5) is 0 Å². The topological polar surface area (TPSA) is 84.9 Å². The zero-order valence-corrected chi connectivity index (χ0v) is 14.6. The van der Waals surface area contributed by atoms with Crippen molar-refractivity contribution in [1.82, 2.24) is 9.62 Å². The lowest BCUT2D eigenvalue weighted by atomic mass is 10.2. The molecule has 0 aliphatic heterocycles. The van der Waals surface area contributed by atoms with Gasteiger partial charge in [-0.2, -0.15) is 4.31 Å². The Morgan fingerprint density at radius 1 is 1.22 bits per heavy atom. The first-order chi connectivity index (χ1) is 10.9. The summed E-state index contributed by atoms with van der Waals surface area (Å²) >= 11 is 0. The minimum Gasteiger partial charge on any atom is -0.496 e. The lowest BCUT2D eigenvalue weighted by molar-refractivity contribution is -0.121. The van der Waals surface area contributed by atoms with E-state index < -0.39 is 10.0 Å². The van der Waals surface area contributed by atoms with Gasteiger partial charge in [-0.15, -0.1) is 0 Å². The van der Waals surface area contributed by atoms with E-state index in [-0.39, 0.29) is 32.0 Å². The SMILES string of the molecule is COCCN(CCC(=O)NCc1ccccc1OC)S(C)(=O)=O. The van der Waals surface area contributed by atoms with E-state index in [1.54, 1.807) is 7.11 Å². The summed E-state index contributed by atoms with van der Waals surface area (Å²) in [6.45, 7) is 0.977. The van der Waals surface area contributed by atoms with Crippen molar-refractivity contribution in [2.45, 2.75) is 13.0 Å². The lowest BCUT2D eigenvalue weighted by Gasteiger charge is -2.19. The predicted octanol–water partition coefficient (Wildman–Crippen LogP) is 0.610. The number of benzene rings is 1. The molecule has 0 fully saturated rings. The summed E-state index contributed by atoms with van der Waals surface area (Å²) in [4.78, 5) is 11.9. The van der Waals surface area contributed by atoms with Gasteiger partial charge in [-0.25, -0.2) is 8.42 Å². The van der Waals surface area contributed by atoms with Crippen LogP contribution in [0.1, 0.15) is 12.0 Å². The van der Waals surface area contributed by atoms with Gasteiger partial charge in [0, 0.05) is 38.7 Å². The van der Waals surface area contributed by atoms with E-state index in [1.165, 1.54) is 11.4 Å². The maximum atomic E-state index is 11.9. The first-order valence-corrected chi connectivity index (χ1v) is 9.06. The zero-order chi connectivity index (χ0) is 17.3. The standard InChI is InChI=1S/C15H24N2O5S/c1-21-11-10-17(23(3,19)20)9-8-15(18)16-12-13-6-4-5-7-14(13)22-2/h4-7H,8-12H2,1-3H3,(H,16,18). The number of sulfonamides is 1. The van der Waals surface area contributed by atoms with Gasteiger partial charge in [0.25, 0.3) is 0 Å². The monoisotopic (exact) mass is 344 g/mol. The summed E-state index contributed by atoms with van der Waals surface area (Å²) in [6, 6.07) is 7.39. The van der Waals surface area contributed by atoms with Crippen LogP contribution in [0, 0.1) is 0 Å². The van der Waals surface area contributed by atoms with E-state index in [1.807, 2.05) is 24.3 Å². The van der Waals surface area contributed by atoms with Gasteiger partial charge >= 0.3 is 0 Å². The zero-order valence-electron chi connectivity index (χ0n) is 13.7. The van der Waals surface area contributed by atoms with E-state index in [4.69, 9.17) is 9.47 Å². The van der Waals surface area contributed by atoms with Crippen LogP contribution in [0.3, 0.4) is 0 Å². The molecule has 0 unspecified atom stereocenters. The van der Waals surface area contributed by atoms with Crippen LogP contribution in [0.5, 0.6) is 5.75 Å². The van der Waals surface area contributed by atoms with Crippen LogP contribution in [0.15, 0.2) is 24.3 Å². The molecule has 130 valence electrons. The van der Waals surface area contributed by atoms with Crippen molar-refractivity contribution in [3.63, 3.8) is 0 Å². The van der Waals surface area contributed by atoms with Gasteiger partial charge in [-0.05, 0) is 6.07 Å². The molecule has 8 heteroatoms. The molecule has 0 aliphatic rings. The van der Waals surface area contributed by atoms with Crippen molar-refractivity contribution in [3.8, 4) is 5.75 Å². The molecular formula is C15H24N2O5S. The number of rotatable bonds is 10. The molecular weight excluding hydrogens is 320 g/mol. The third kappa shape index (κ3) is 6.98. The number of amides is 1. The molecule has 0 bridgehead atoms. The number of hydrogen-bond donors (Lipinski definition) is 1. The summed E-state index contributed by atoms with van der Waals surface area (Å²) in [5.74, 6) is 0.479. The molecule has 1 aromatic carbocycles. The minimum atomic E-state index is -3.36. The van der Waals surface area contributed by atoms with Crippen molar-refractivity contribution in [2.24, 2.45) is 0 Å². The minimum absolute atomic E-state index is 0.0892. The van der Waals surface area contributed by atoms with Crippen LogP contribution < -0.4 is 10.1 Å². The molecule has 0 radical (unpaired) electrons. The number of para-hydroxylation sites is 1. The van der Waals surface area contributed by atoms with Crippen molar-refractivity contribution in [1.29, 1.82) is 0 Å². The number of ether oxygens (including phenoxy) is 2. The Morgan fingerprint density at radius 3 is 2.52 bits per heavy atom. The highest BCUT2D eigenvalue weighted by molar-refractivity contribution is 7.88. The third-order valence-corrected chi connectivity index (χ3v) is 4.57. The fourth-order valence-corrected chi connectivity index (χ4v) is 2.82. The fraction of sp³-hybridized carbons (Fsp3) is 0.533. The molecule has 7 nitrogen and oxygen atoms in total. The van der Waals surface area contributed by atoms with Crippen LogP contribution in [-0.2, 0) is 26.1 Å². The Bertz CT molecular complexity index is 604. The average Bonchev–Trinajstić information content (AvgIpc) is 2.51. The molecule has 0 aromatic heterocycles. The molecule has 1 N–H and O–H groups in total. The Hall–Kier alpha value is -1.64. The van der Waals surface area contributed by atoms with Gasteiger partial charge < -0.3 is 14.8 Å². The smallest absolute Gasteiger partial charge is 0.221 e. The second kappa shape index (κ2) is 9.49. The molecule has 0 aliphatic carbocycles. The van der Waals surface area contributed by atoms with Crippen LogP contribution in [0.2, 0.25) is 0 Å². The first-order valence-electron chi connectivity index (χ1n) is 7.21. The molecule has 0 atom stereocenters. The Labute approximate surface area is 137 Å². The average molecular weight is 344 g/mol. The molecule has 0 saturated carbocycles. The van der Waals surface area contributed by atoms with Gasteiger partial charge in [0.1, 0.15) is 5.75 Å². The highest BCUT2D eigenvalue weighted by Gasteiger charge is 2.17. The second-order valence-corrected chi connectivity index (χ2v) is 6.98. The summed E-state index contributed by atoms with van der Waals surface area (Å²) in [7, 11) is -0.287. The van der Waals surface area contributed by atoms with Gasteiger partial charge in [0.2, 0.25) is 15.9 Å². The molecule has 0 saturated heterocycles. The summed E-state index contributed by atoms with van der Waals surface area (Å²) < 4.78 is 34.6. The van der Waals surface area contributed by atoms with E-state index in [0.29, 0.717) is 12.3 Å². The Kier molecular flexibility index (Phi) is 8.01. The molecule has 0 spiro atoms. The van der Waals surface area contributed by atoms with E-state index in [2.05, 4.69) is 5.32 Å². The highest BCUT2D eigenvalue weighted by Crippen LogP contribution is 2.16. The molecule has 1 aromatic rings. The van der Waals surface area contributed by atoms with Crippen LogP contribution in [-0.4, -0.2) is 58.8 Å². The van der Waals surface area contributed by atoms with E-state index in [0.717, 1.165) is 11.8 Å². The van der Waals surface area contributed by atoms with Gasteiger partial charge in [-0.3, -0.25) is 4.79 Å². The lowest BCUT2D eigenvalue weighted by Crippen LogP contribution is -2.36. The van der Waals surface area contributed by atoms with Crippen molar-refractivity contribution in [2.75, 3.05) is 40.2 Å². The largest absolute Gasteiger partial charge is 0.496 e.